The largest absolute Gasteiger partial charge is 0.492 e. The lowest BCUT2D eigenvalue weighted by Crippen LogP contribution is -2.12. The third kappa shape index (κ3) is 4.37. The second-order valence-electron chi connectivity index (χ2n) is 3.34. The standard InChI is InChI=1S/C11H14Br2OS/c1-2-8(7-15)6-14-11-4-3-9(12)5-10(11)13/h3-5,8,15H,2,6-7H2,1H3. The first-order chi connectivity index (χ1) is 7.17. The lowest BCUT2D eigenvalue weighted by molar-refractivity contribution is 0.258. The molecule has 1 atom stereocenters. The number of ether oxygens (including phenoxy) is 1. The summed E-state index contributed by atoms with van der Waals surface area (Å²) in [4.78, 5) is 0. The van der Waals surface area contributed by atoms with E-state index in [0.29, 0.717) is 5.92 Å². The lowest BCUT2D eigenvalue weighted by Gasteiger charge is -2.14. The Labute approximate surface area is 113 Å². The van der Waals surface area contributed by atoms with Crippen molar-refractivity contribution in [3.05, 3.63) is 27.1 Å². The van der Waals surface area contributed by atoms with Crippen LogP contribution in [0.25, 0.3) is 0 Å². The van der Waals surface area contributed by atoms with Crippen LogP contribution < -0.4 is 4.74 Å². The van der Waals surface area contributed by atoms with Crippen LogP contribution in [0.2, 0.25) is 0 Å². The first-order valence-corrected chi connectivity index (χ1v) is 7.08. The molecule has 0 fully saturated rings. The quantitative estimate of drug-likeness (QED) is 0.764. The molecule has 0 amide bonds. The molecule has 0 aliphatic carbocycles. The number of hydrogen-bond donors (Lipinski definition) is 1. The molecule has 0 aliphatic rings. The minimum absolute atomic E-state index is 0.517. The summed E-state index contributed by atoms with van der Waals surface area (Å²) in [6.45, 7) is 2.88. The highest BCUT2D eigenvalue weighted by molar-refractivity contribution is 9.11. The topological polar surface area (TPSA) is 9.23 Å². The van der Waals surface area contributed by atoms with Crippen LogP contribution >= 0.6 is 44.5 Å². The minimum Gasteiger partial charge on any atom is -0.492 e. The molecule has 0 saturated carbocycles. The summed E-state index contributed by atoms with van der Waals surface area (Å²) in [5.41, 5.74) is 0. The van der Waals surface area contributed by atoms with Crippen molar-refractivity contribution in [2.45, 2.75) is 13.3 Å². The molecular weight excluding hydrogens is 340 g/mol. The van der Waals surface area contributed by atoms with Crippen molar-refractivity contribution >= 4 is 44.5 Å². The van der Waals surface area contributed by atoms with Gasteiger partial charge in [0.25, 0.3) is 0 Å². The Balaban J connectivity index is 2.57. The molecule has 1 aromatic rings. The Morgan fingerprint density at radius 1 is 1.40 bits per heavy atom. The maximum Gasteiger partial charge on any atom is 0.133 e. The predicted molar refractivity (Wildman–Crippen MR) is 75.0 cm³/mol. The highest BCUT2D eigenvalue weighted by Gasteiger charge is 2.07. The molecule has 1 nitrogen and oxygen atoms in total. The van der Waals surface area contributed by atoms with E-state index >= 15 is 0 Å². The predicted octanol–water partition coefficient (Wildman–Crippen LogP) is 4.55. The molecule has 84 valence electrons. The van der Waals surface area contributed by atoms with Crippen molar-refractivity contribution in [1.82, 2.24) is 0 Å². The Morgan fingerprint density at radius 3 is 2.67 bits per heavy atom. The fourth-order valence-electron chi connectivity index (χ4n) is 1.10. The van der Waals surface area contributed by atoms with Gasteiger partial charge in [-0.05, 0) is 46.3 Å². The van der Waals surface area contributed by atoms with Crippen LogP contribution in [-0.2, 0) is 0 Å². The van der Waals surface area contributed by atoms with Crippen LogP contribution in [-0.4, -0.2) is 12.4 Å². The van der Waals surface area contributed by atoms with Gasteiger partial charge in [0.1, 0.15) is 5.75 Å². The molecular formula is C11H14Br2OS. The molecule has 0 saturated heterocycles. The highest BCUT2D eigenvalue weighted by Crippen LogP contribution is 2.28. The van der Waals surface area contributed by atoms with Crippen LogP contribution in [0, 0.1) is 5.92 Å². The van der Waals surface area contributed by atoms with Gasteiger partial charge in [-0.15, -0.1) is 0 Å². The van der Waals surface area contributed by atoms with E-state index in [1.165, 1.54) is 0 Å². The molecule has 15 heavy (non-hydrogen) atoms. The molecule has 4 heteroatoms. The average Bonchev–Trinajstić information content (AvgIpc) is 2.22. The zero-order valence-corrected chi connectivity index (χ0v) is 12.6. The summed E-state index contributed by atoms with van der Waals surface area (Å²) >= 11 is 11.2. The second-order valence-corrected chi connectivity index (χ2v) is 5.48. The van der Waals surface area contributed by atoms with Gasteiger partial charge in [0.2, 0.25) is 0 Å². The van der Waals surface area contributed by atoms with E-state index in [2.05, 4.69) is 51.4 Å². The van der Waals surface area contributed by atoms with Crippen molar-refractivity contribution in [1.29, 1.82) is 0 Å². The third-order valence-corrected chi connectivity index (χ3v) is 3.83. The fraction of sp³-hybridized carbons (Fsp3) is 0.455. The maximum absolute atomic E-state index is 5.72. The zero-order valence-electron chi connectivity index (χ0n) is 8.54. The monoisotopic (exact) mass is 352 g/mol. The van der Waals surface area contributed by atoms with Crippen LogP contribution in [0.4, 0.5) is 0 Å². The number of halogens is 2. The van der Waals surface area contributed by atoms with Crippen LogP contribution in [0.15, 0.2) is 27.1 Å². The zero-order chi connectivity index (χ0) is 11.3. The first-order valence-electron chi connectivity index (χ1n) is 4.86. The highest BCUT2D eigenvalue weighted by atomic mass is 79.9. The van der Waals surface area contributed by atoms with Gasteiger partial charge in [0, 0.05) is 10.4 Å². The summed E-state index contributed by atoms with van der Waals surface area (Å²) in [7, 11) is 0. The average molecular weight is 354 g/mol. The molecule has 1 unspecified atom stereocenters. The lowest BCUT2D eigenvalue weighted by atomic mass is 10.1. The van der Waals surface area contributed by atoms with Crippen LogP contribution in [0.1, 0.15) is 13.3 Å². The summed E-state index contributed by atoms with van der Waals surface area (Å²) in [5.74, 6) is 2.27. The molecule has 0 spiro atoms. The van der Waals surface area contributed by atoms with E-state index in [1.54, 1.807) is 0 Å². The van der Waals surface area contributed by atoms with Gasteiger partial charge >= 0.3 is 0 Å². The van der Waals surface area contributed by atoms with E-state index in [0.717, 1.165) is 33.5 Å². The van der Waals surface area contributed by atoms with Crippen LogP contribution in [0.5, 0.6) is 5.75 Å². The molecule has 0 bridgehead atoms. The molecule has 1 aromatic carbocycles. The number of thiol groups is 1. The molecule has 0 N–H and O–H groups in total. The van der Waals surface area contributed by atoms with Crippen molar-refractivity contribution in [2.24, 2.45) is 5.92 Å². The Morgan fingerprint density at radius 2 is 2.13 bits per heavy atom. The van der Waals surface area contributed by atoms with Gasteiger partial charge in [-0.2, -0.15) is 12.6 Å². The van der Waals surface area contributed by atoms with Gasteiger partial charge in [-0.1, -0.05) is 22.9 Å². The molecule has 0 aliphatic heterocycles. The number of hydrogen-bond acceptors (Lipinski definition) is 2. The van der Waals surface area contributed by atoms with E-state index in [9.17, 15) is 0 Å². The minimum atomic E-state index is 0.517. The van der Waals surface area contributed by atoms with Gasteiger partial charge in [0.05, 0.1) is 11.1 Å². The molecule has 0 heterocycles. The van der Waals surface area contributed by atoms with Gasteiger partial charge < -0.3 is 4.74 Å². The second kappa shape index (κ2) is 6.81. The normalized spacial score (nSPS) is 12.5. The smallest absolute Gasteiger partial charge is 0.133 e. The Hall–Kier alpha value is 0.330. The molecule has 0 radical (unpaired) electrons. The van der Waals surface area contributed by atoms with Gasteiger partial charge in [0.15, 0.2) is 0 Å². The fourth-order valence-corrected chi connectivity index (χ4v) is 2.62. The summed E-state index contributed by atoms with van der Waals surface area (Å²) in [6, 6.07) is 5.91. The first kappa shape index (κ1) is 13.4. The summed E-state index contributed by atoms with van der Waals surface area (Å²) in [5, 5.41) is 0. The van der Waals surface area contributed by atoms with Crippen LogP contribution in [0.3, 0.4) is 0 Å². The summed E-state index contributed by atoms with van der Waals surface area (Å²) in [6.07, 6.45) is 1.09. The van der Waals surface area contributed by atoms with Crippen molar-refractivity contribution < 1.29 is 4.74 Å². The van der Waals surface area contributed by atoms with E-state index in [1.807, 2.05) is 18.2 Å². The third-order valence-electron chi connectivity index (χ3n) is 2.20. The number of benzene rings is 1. The number of rotatable bonds is 5. The Bertz CT molecular complexity index is 313. The van der Waals surface area contributed by atoms with Gasteiger partial charge in [-0.25, -0.2) is 0 Å². The van der Waals surface area contributed by atoms with Crippen molar-refractivity contribution in [3.63, 3.8) is 0 Å². The van der Waals surface area contributed by atoms with E-state index in [-0.39, 0.29) is 0 Å². The SMILES string of the molecule is CCC(CS)COc1ccc(Br)cc1Br. The van der Waals surface area contributed by atoms with E-state index in [4.69, 9.17) is 4.74 Å². The van der Waals surface area contributed by atoms with Crippen molar-refractivity contribution in [3.8, 4) is 5.75 Å². The maximum atomic E-state index is 5.72. The van der Waals surface area contributed by atoms with E-state index < -0.39 is 0 Å². The summed E-state index contributed by atoms with van der Waals surface area (Å²) < 4.78 is 7.74. The Kier molecular flexibility index (Phi) is 6.09. The van der Waals surface area contributed by atoms with Crippen molar-refractivity contribution in [2.75, 3.05) is 12.4 Å². The van der Waals surface area contributed by atoms with Gasteiger partial charge in [-0.3, -0.25) is 0 Å². The molecule has 1 rings (SSSR count). The molecule has 0 aromatic heterocycles.